The third-order valence-electron chi connectivity index (χ3n) is 2.31. The molecule has 19 heavy (non-hydrogen) atoms. The molecule has 1 heterocycles. The third kappa shape index (κ3) is 3.70. The number of nitrogen functional groups attached to an aromatic ring is 1. The van der Waals surface area contributed by atoms with Crippen LogP contribution >= 0.6 is 0 Å². The van der Waals surface area contributed by atoms with Gasteiger partial charge in [-0.2, -0.15) is 0 Å². The molecule has 0 spiro atoms. The fourth-order valence-corrected chi connectivity index (χ4v) is 1.46. The Morgan fingerprint density at radius 3 is 3.05 bits per heavy atom. The molecule has 0 fully saturated rings. The van der Waals surface area contributed by atoms with Gasteiger partial charge < -0.3 is 15.8 Å². The maximum Gasteiger partial charge on any atom is 0.291 e. The molecule has 1 aromatic carbocycles. The molecule has 0 aliphatic rings. The summed E-state index contributed by atoms with van der Waals surface area (Å²) >= 11 is 0. The minimum atomic E-state index is -0.333. The highest BCUT2D eigenvalue weighted by Gasteiger charge is 2.09. The van der Waals surface area contributed by atoms with Gasteiger partial charge in [0.05, 0.1) is 6.54 Å². The van der Waals surface area contributed by atoms with Gasteiger partial charge in [-0.05, 0) is 19.1 Å². The molecule has 2 rings (SSSR count). The maximum absolute atomic E-state index is 11.6. The summed E-state index contributed by atoms with van der Waals surface area (Å²) in [4.78, 5) is 15.5. The minimum absolute atomic E-state index is 0.126. The van der Waals surface area contributed by atoms with Crippen LogP contribution in [0, 0.1) is 6.92 Å². The molecule has 0 radical (unpaired) electrons. The summed E-state index contributed by atoms with van der Waals surface area (Å²) in [6.07, 6.45) is 0. The first-order valence-corrected chi connectivity index (χ1v) is 5.80. The van der Waals surface area contributed by atoms with Crippen molar-refractivity contribution in [3.8, 4) is 5.75 Å². The number of ether oxygens (including phenoxy) is 1. The van der Waals surface area contributed by atoms with E-state index >= 15 is 0 Å². The van der Waals surface area contributed by atoms with Crippen LogP contribution in [-0.4, -0.2) is 34.2 Å². The van der Waals surface area contributed by atoms with Crippen LogP contribution in [0.4, 0.5) is 5.69 Å². The number of carbonyl (C=O) groups is 1. The standard InChI is InChI=1S/C12H15N5O2/c1-8-15-11(17-16-8)12(18)14-5-6-19-10-4-2-3-9(13)7-10/h2-4,7H,5-6,13H2,1H3,(H,14,18)(H,15,16,17). The lowest BCUT2D eigenvalue weighted by Gasteiger charge is -2.07. The Kier molecular flexibility index (Phi) is 3.97. The fraction of sp³-hybridized carbons (Fsp3) is 0.250. The van der Waals surface area contributed by atoms with Gasteiger partial charge in [0.1, 0.15) is 18.2 Å². The van der Waals surface area contributed by atoms with Crippen molar-refractivity contribution in [2.75, 3.05) is 18.9 Å². The van der Waals surface area contributed by atoms with E-state index in [1.165, 1.54) is 0 Å². The van der Waals surface area contributed by atoms with Crippen molar-refractivity contribution in [2.45, 2.75) is 6.92 Å². The Bertz CT molecular complexity index is 567. The average molecular weight is 261 g/mol. The van der Waals surface area contributed by atoms with Gasteiger partial charge in [-0.1, -0.05) is 6.07 Å². The number of rotatable bonds is 5. The van der Waals surface area contributed by atoms with Gasteiger partial charge in [0.15, 0.2) is 0 Å². The molecule has 0 aliphatic heterocycles. The highest BCUT2D eigenvalue weighted by atomic mass is 16.5. The second kappa shape index (κ2) is 5.85. The van der Waals surface area contributed by atoms with Crippen molar-refractivity contribution >= 4 is 11.6 Å². The molecule has 0 saturated heterocycles. The zero-order valence-electron chi connectivity index (χ0n) is 10.5. The Hall–Kier alpha value is -2.57. The number of aryl methyl sites for hydroxylation is 1. The predicted octanol–water partition coefficient (Wildman–Crippen LogP) is 0.504. The zero-order valence-corrected chi connectivity index (χ0v) is 10.5. The number of nitrogens with zero attached hydrogens (tertiary/aromatic N) is 2. The Balaban J connectivity index is 1.74. The first-order valence-electron chi connectivity index (χ1n) is 5.80. The number of nitrogens with one attached hydrogen (secondary N) is 2. The summed E-state index contributed by atoms with van der Waals surface area (Å²) in [5.41, 5.74) is 6.26. The van der Waals surface area contributed by atoms with Gasteiger partial charge >= 0.3 is 0 Å². The Labute approximate surface area is 110 Å². The van der Waals surface area contributed by atoms with Gasteiger partial charge in [-0.25, -0.2) is 4.98 Å². The Morgan fingerprint density at radius 2 is 2.37 bits per heavy atom. The van der Waals surface area contributed by atoms with Crippen LogP contribution in [0.1, 0.15) is 16.4 Å². The number of aromatic nitrogens is 3. The highest BCUT2D eigenvalue weighted by molar-refractivity contribution is 5.90. The number of carbonyl (C=O) groups excluding carboxylic acids is 1. The van der Waals surface area contributed by atoms with Crippen molar-refractivity contribution in [3.05, 3.63) is 35.9 Å². The SMILES string of the molecule is Cc1nc(C(=O)NCCOc2cccc(N)c2)n[nH]1. The summed E-state index contributed by atoms with van der Waals surface area (Å²) in [7, 11) is 0. The Morgan fingerprint density at radius 1 is 1.53 bits per heavy atom. The summed E-state index contributed by atoms with van der Waals surface area (Å²) in [6.45, 7) is 2.44. The van der Waals surface area contributed by atoms with Gasteiger partial charge in [0, 0.05) is 11.8 Å². The van der Waals surface area contributed by atoms with Crippen molar-refractivity contribution in [3.63, 3.8) is 0 Å². The predicted molar refractivity (Wildman–Crippen MR) is 69.8 cm³/mol. The molecule has 0 bridgehead atoms. The summed E-state index contributed by atoms with van der Waals surface area (Å²) in [5.74, 6) is 1.06. The monoisotopic (exact) mass is 261 g/mol. The number of benzene rings is 1. The number of H-pyrrole nitrogens is 1. The first-order chi connectivity index (χ1) is 9.15. The number of hydrogen-bond acceptors (Lipinski definition) is 5. The van der Waals surface area contributed by atoms with E-state index in [1.54, 1.807) is 31.2 Å². The summed E-state index contributed by atoms with van der Waals surface area (Å²) in [6, 6.07) is 7.11. The minimum Gasteiger partial charge on any atom is -0.492 e. The van der Waals surface area contributed by atoms with Crippen LogP contribution in [-0.2, 0) is 0 Å². The van der Waals surface area contributed by atoms with E-state index in [9.17, 15) is 4.79 Å². The summed E-state index contributed by atoms with van der Waals surface area (Å²) in [5, 5.41) is 9.02. The van der Waals surface area contributed by atoms with Crippen LogP contribution in [0.3, 0.4) is 0 Å². The van der Waals surface area contributed by atoms with Gasteiger partial charge in [0.2, 0.25) is 5.82 Å². The molecule has 1 amide bonds. The fourth-order valence-electron chi connectivity index (χ4n) is 1.46. The van der Waals surface area contributed by atoms with Gasteiger partial charge in [-0.3, -0.25) is 9.89 Å². The maximum atomic E-state index is 11.6. The van der Waals surface area contributed by atoms with Crippen molar-refractivity contribution in [1.29, 1.82) is 0 Å². The number of amides is 1. The van der Waals surface area contributed by atoms with E-state index in [2.05, 4.69) is 20.5 Å². The van der Waals surface area contributed by atoms with E-state index in [0.29, 0.717) is 30.4 Å². The lowest BCUT2D eigenvalue weighted by molar-refractivity contribution is 0.0937. The van der Waals surface area contributed by atoms with Gasteiger partial charge in [0.25, 0.3) is 5.91 Å². The van der Waals surface area contributed by atoms with E-state index in [-0.39, 0.29) is 11.7 Å². The van der Waals surface area contributed by atoms with E-state index in [4.69, 9.17) is 10.5 Å². The van der Waals surface area contributed by atoms with Crippen LogP contribution in [0.2, 0.25) is 0 Å². The molecule has 7 nitrogen and oxygen atoms in total. The van der Waals surface area contributed by atoms with Crippen LogP contribution in [0.15, 0.2) is 24.3 Å². The molecule has 7 heteroatoms. The molecule has 100 valence electrons. The third-order valence-corrected chi connectivity index (χ3v) is 2.31. The quantitative estimate of drug-likeness (QED) is 0.537. The van der Waals surface area contributed by atoms with Crippen LogP contribution in [0.25, 0.3) is 0 Å². The lowest BCUT2D eigenvalue weighted by Crippen LogP contribution is -2.29. The average Bonchev–Trinajstić information content (AvgIpc) is 2.81. The molecule has 1 aromatic heterocycles. The van der Waals surface area contributed by atoms with E-state index in [1.807, 2.05) is 0 Å². The topological polar surface area (TPSA) is 106 Å². The molecule has 0 aliphatic carbocycles. The largest absolute Gasteiger partial charge is 0.492 e. The molecular formula is C12H15N5O2. The van der Waals surface area contributed by atoms with Crippen LogP contribution < -0.4 is 15.8 Å². The normalized spacial score (nSPS) is 10.2. The zero-order chi connectivity index (χ0) is 13.7. The number of aromatic amines is 1. The second-order valence-corrected chi connectivity index (χ2v) is 3.92. The molecular weight excluding hydrogens is 246 g/mol. The summed E-state index contributed by atoms with van der Waals surface area (Å²) < 4.78 is 5.43. The van der Waals surface area contributed by atoms with Crippen molar-refractivity contribution in [1.82, 2.24) is 20.5 Å². The van der Waals surface area contributed by atoms with Crippen LogP contribution in [0.5, 0.6) is 5.75 Å². The van der Waals surface area contributed by atoms with E-state index in [0.717, 1.165) is 0 Å². The molecule has 0 saturated carbocycles. The molecule has 4 N–H and O–H groups in total. The smallest absolute Gasteiger partial charge is 0.291 e. The number of anilines is 1. The highest BCUT2D eigenvalue weighted by Crippen LogP contribution is 2.13. The number of nitrogens with two attached hydrogens (primary N) is 1. The molecule has 2 aromatic rings. The first kappa shape index (κ1) is 12.9. The lowest BCUT2D eigenvalue weighted by atomic mass is 10.3. The van der Waals surface area contributed by atoms with Crippen molar-refractivity contribution in [2.24, 2.45) is 0 Å². The number of hydrogen-bond donors (Lipinski definition) is 3. The molecule has 0 atom stereocenters. The van der Waals surface area contributed by atoms with Gasteiger partial charge in [-0.15, -0.1) is 5.10 Å². The molecule has 0 unspecified atom stereocenters. The van der Waals surface area contributed by atoms with Crippen molar-refractivity contribution < 1.29 is 9.53 Å². The second-order valence-electron chi connectivity index (χ2n) is 3.92. The van der Waals surface area contributed by atoms with E-state index < -0.39 is 0 Å².